The van der Waals surface area contributed by atoms with Crippen molar-refractivity contribution in [1.29, 1.82) is 0 Å². The smallest absolute Gasteiger partial charge is 0.138 e. The second-order valence-corrected chi connectivity index (χ2v) is 5.36. The zero-order valence-electron chi connectivity index (χ0n) is 12.2. The van der Waals surface area contributed by atoms with E-state index in [1.165, 1.54) is 16.7 Å². The molecule has 0 bridgehead atoms. The van der Waals surface area contributed by atoms with Gasteiger partial charge in [0, 0.05) is 6.54 Å². The van der Waals surface area contributed by atoms with Crippen molar-refractivity contribution in [2.24, 2.45) is 0 Å². The molecule has 1 N–H and O–H groups in total. The molecule has 2 rings (SSSR count). The summed E-state index contributed by atoms with van der Waals surface area (Å²) in [6.45, 7) is 5.55. The Kier molecular flexibility index (Phi) is 5.05. The van der Waals surface area contributed by atoms with E-state index in [-0.39, 0.29) is 0 Å². The van der Waals surface area contributed by atoms with Crippen LogP contribution in [-0.4, -0.2) is 7.05 Å². The molecule has 106 valence electrons. The Morgan fingerprint density at radius 1 is 1.10 bits per heavy atom. The minimum Gasteiger partial charge on any atom is -0.487 e. The van der Waals surface area contributed by atoms with E-state index in [1.54, 1.807) is 0 Å². The Morgan fingerprint density at radius 2 is 1.80 bits per heavy atom. The van der Waals surface area contributed by atoms with E-state index in [4.69, 9.17) is 16.3 Å². The number of halogens is 1. The first-order chi connectivity index (χ1) is 9.61. The van der Waals surface area contributed by atoms with Gasteiger partial charge in [0.25, 0.3) is 0 Å². The summed E-state index contributed by atoms with van der Waals surface area (Å²) in [6.07, 6.45) is 0. The highest BCUT2D eigenvalue weighted by Gasteiger charge is 2.06. The highest BCUT2D eigenvalue weighted by Crippen LogP contribution is 2.27. The van der Waals surface area contributed by atoms with Crippen LogP contribution < -0.4 is 10.1 Å². The molecular weight excluding hydrogens is 270 g/mol. The van der Waals surface area contributed by atoms with E-state index in [1.807, 2.05) is 25.2 Å². The standard InChI is InChI=1S/C17H20ClNO/c1-12-5-4-6-13(2)15(12)11-20-17-8-7-14(10-19-3)9-16(17)18/h4-9,19H,10-11H2,1-3H3. The summed E-state index contributed by atoms with van der Waals surface area (Å²) < 4.78 is 5.87. The largest absolute Gasteiger partial charge is 0.487 e. The lowest BCUT2D eigenvalue weighted by Crippen LogP contribution is -2.05. The summed E-state index contributed by atoms with van der Waals surface area (Å²) >= 11 is 6.26. The van der Waals surface area contributed by atoms with Crippen molar-refractivity contribution in [2.75, 3.05) is 7.05 Å². The SMILES string of the molecule is CNCc1ccc(OCc2c(C)cccc2C)c(Cl)c1. The zero-order chi connectivity index (χ0) is 14.5. The van der Waals surface area contributed by atoms with E-state index in [0.29, 0.717) is 11.6 Å². The topological polar surface area (TPSA) is 21.3 Å². The van der Waals surface area contributed by atoms with Gasteiger partial charge < -0.3 is 10.1 Å². The Bertz CT molecular complexity index is 575. The van der Waals surface area contributed by atoms with Gasteiger partial charge in [-0.15, -0.1) is 0 Å². The van der Waals surface area contributed by atoms with Crippen LogP contribution in [0.3, 0.4) is 0 Å². The maximum Gasteiger partial charge on any atom is 0.138 e. The average molecular weight is 290 g/mol. The molecule has 0 aliphatic carbocycles. The molecule has 0 aromatic heterocycles. The van der Waals surface area contributed by atoms with Gasteiger partial charge in [-0.3, -0.25) is 0 Å². The third kappa shape index (κ3) is 3.53. The van der Waals surface area contributed by atoms with E-state index < -0.39 is 0 Å². The molecule has 0 aliphatic rings. The molecular formula is C17H20ClNO. The van der Waals surface area contributed by atoms with Gasteiger partial charge in [-0.1, -0.05) is 35.9 Å². The predicted molar refractivity (Wildman–Crippen MR) is 84.5 cm³/mol. The molecule has 2 aromatic rings. The second-order valence-electron chi connectivity index (χ2n) is 4.95. The fraction of sp³-hybridized carbons (Fsp3) is 0.294. The van der Waals surface area contributed by atoms with Crippen LogP contribution >= 0.6 is 11.6 Å². The Hall–Kier alpha value is -1.51. The monoisotopic (exact) mass is 289 g/mol. The van der Waals surface area contributed by atoms with Crippen LogP contribution in [0.15, 0.2) is 36.4 Å². The molecule has 2 nitrogen and oxygen atoms in total. The van der Waals surface area contributed by atoms with Crippen LogP contribution in [-0.2, 0) is 13.2 Å². The van der Waals surface area contributed by atoms with Crippen LogP contribution in [0.1, 0.15) is 22.3 Å². The van der Waals surface area contributed by atoms with Gasteiger partial charge >= 0.3 is 0 Å². The van der Waals surface area contributed by atoms with Crippen molar-refractivity contribution >= 4 is 11.6 Å². The molecule has 0 aliphatic heterocycles. The number of hydrogen-bond donors (Lipinski definition) is 1. The van der Waals surface area contributed by atoms with E-state index in [9.17, 15) is 0 Å². The molecule has 0 radical (unpaired) electrons. The van der Waals surface area contributed by atoms with E-state index >= 15 is 0 Å². The van der Waals surface area contributed by atoms with Crippen molar-refractivity contribution < 1.29 is 4.74 Å². The van der Waals surface area contributed by atoms with Crippen molar-refractivity contribution in [3.63, 3.8) is 0 Å². The molecule has 0 saturated carbocycles. The fourth-order valence-electron chi connectivity index (χ4n) is 2.20. The molecule has 0 fully saturated rings. The minimum atomic E-state index is 0.545. The first-order valence-corrected chi connectivity index (χ1v) is 7.10. The van der Waals surface area contributed by atoms with Crippen LogP contribution in [0.2, 0.25) is 5.02 Å². The lowest BCUT2D eigenvalue weighted by molar-refractivity contribution is 0.304. The maximum absolute atomic E-state index is 6.26. The van der Waals surface area contributed by atoms with Crippen molar-refractivity contribution in [2.45, 2.75) is 27.0 Å². The van der Waals surface area contributed by atoms with E-state index in [0.717, 1.165) is 17.9 Å². The van der Waals surface area contributed by atoms with Gasteiger partial charge in [0.05, 0.1) is 5.02 Å². The van der Waals surface area contributed by atoms with Crippen molar-refractivity contribution in [3.05, 3.63) is 63.7 Å². The van der Waals surface area contributed by atoms with Crippen LogP contribution in [0.5, 0.6) is 5.75 Å². The summed E-state index contributed by atoms with van der Waals surface area (Å²) in [7, 11) is 1.92. The van der Waals surface area contributed by atoms with Gasteiger partial charge in [-0.2, -0.15) is 0 Å². The van der Waals surface area contributed by atoms with Crippen molar-refractivity contribution in [1.82, 2.24) is 5.32 Å². The molecule has 0 atom stereocenters. The van der Waals surface area contributed by atoms with Gasteiger partial charge in [-0.25, -0.2) is 0 Å². The minimum absolute atomic E-state index is 0.545. The van der Waals surface area contributed by atoms with Gasteiger partial charge in [0.2, 0.25) is 0 Å². The molecule has 2 aromatic carbocycles. The van der Waals surface area contributed by atoms with Gasteiger partial charge in [0.1, 0.15) is 12.4 Å². The Labute approximate surface area is 125 Å². The highest BCUT2D eigenvalue weighted by atomic mass is 35.5. The number of nitrogens with one attached hydrogen (secondary N) is 1. The first-order valence-electron chi connectivity index (χ1n) is 6.72. The Balaban J connectivity index is 2.11. The average Bonchev–Trinajstić information content (AvgIpc) is 2.40. The number of aryl methyl sites for hydroxylation is 2. The van der Waals surface area contributed by atoms with Gasteiger partial charge in [-0.05, 0) is 55.3 Å². The number of rotatable bonds is 5. The lowest BCUT2D eigenvalue weighted by atomic mass is 10.0. The van der Waals surface area contributed by atoms with Crippen molar-refractivity contribution in [3.8, 4) is 5.75 Å². The Morgan fingerprint density at radius 3 is 2.40 bits per heavy atom. The normalized spacial score (nSPS) is 10.6. The summed E-state index contributed by atoms with van der Waals surface area (Å²) in [5.74, 6) is 0.731. The summed E-state index contributed by atoms with van der Waals surface area (Å²) in [5.41, 5.74) is 4.86. The first kappa shape index (κ1) is 14.9. The molecule has 0 amide bonds. The third-order valence-corrected chi connectivity index (χ3v) is 3.69. The molecule has 0 unspecified atom stereocenters. The molecule has 3 heteroatoms. The molecule has 0 heterocycles. The fourth-order valence-corrected chi connectivity index (χ4v) is 2.46. The summed E-state index contributed by atoms with van der Waals surface area (Å²) in [4.78, 5) is 0. The van der Waals surface area contributed by atoms with E-state index in [2.05, 4.69) is 37.4 Å². The predicted octanol–water partition coefficient (Wildman–Crippen LogP) is 4.26. The van der Waals surface area contributed by atoms with Gasteiger partial charge in [0.15, 0.2) is 0 Å². The van der Waals surface area contributed by atoms with Crippen LogP contribution in [0.25, 0.3) is 0 Å². The summed E-state index contributed by atoms with van der Waals surface area (Å²) in [6, 6.07) is 12.2. The lowest BCUT2D eigenvalue weighted by Gasteiger charge is -2.13. The second kappa shape index (κ2) is 6.78. The number of hydrogen-bond acceptors (Lipinski definition) is 2. The van der Waals surface area contributed by atoms with Crippen LogP contribution in [0, 0.1) is 13.8 Å². The maximum atomic E-state index is 6.26. The number of ether oxygens (including phenoxy) is 1. The summed E-state index contributed by atoms with van der Waals surface area (Å²) in [5, 5.41) is 3.76. The number of benzene rings is 2. The third-order valence-electron chi connectivity index (χ3n) is 3.39. The molecule has 20 heavy (non-hydrogen) atoms. The quantitative estimate of drug-likeness (QED) is 0.888. The zero-order valence-corrected chi connectivity index (χ0v) is 12.9. The highest BCUT2D eigenvalue weighted by molar-refractivity contribution is 6.32. The molecule has 0 spiro atoms. The molecule has 0 saturated heterocycles. The van der Waals surface area contributed by atoms with Crippen LogP contribution in [0.4, 0.5) is 0 Å².